The van der Waals surface area contributed by atoms with E-state index < -0.39 is 0 Å². The van der Waals surface area contributed by atoms with Crippen LogP contribution in [-0.4, -0.2) is 19.5 Å². The molecule has 0 atom stereocenters. The quantitative estimate of drug-likeness (QED) is 0.807. The Morgan fingerprint density at radius 3 is 2.62 bits per heavy atom. The largest absolute Gasteiger partial charge is 0.382 e. The smallest absolute Gasteiger partial charge is 0.156 e. The van der Waals surface area contributed by atoms with Gasteiger partial charge in [0.25, 0.3) is 0 Å². The molecule has 2 N–H and O–H groups in total. The van der Waals surface area contributed by atoms with Crippen molar-refractivity contribution in [1.29, 1.82) is 0 Å². The van der Waals surface area contributed by atoms with Crippen LogP contribution in [0, 0.1) is 0 Å². The Morgan fingerprint density at radius 1 is 1.23 bits per heavy atom. The summed E-state index contributed by atoms with van der Waals surface area (Å²) < 4.78 is 2.50. The zero-order valence-electron chi connectivity index (χ0n) is 6.55. The van der Waals surface area contributed by atoms with Gasteiger partial charge >= 0.3 is 0 Å². The molecule has 0 fully saturated rings. The zero-order chi connectivity index (χ0) is 9.26. The minimum absolute atomic E-state index is 0.405. The molecule has 0 aliphatic rings. The lowest BCUT2D eigenvalue weighted by Gasteiger charge is -1.98. The summed E-state index contributed by atoms with van der Waals surface area (Å²) in [5, 5.41) is 0. The predicted octanol–water partition coefficient (Wildman–Crippen LogP) is 1.01. The first-order chi connectivity index (χ1) is 6.25. The molecule has 0 aliphatic heterocycles. The first kappa shape index (κ1) is 8.18. The molecule has 0 bridgehead atoms. The Hall–Kier alpha value is -1.43. The van der Waals surface area contributed by atoms with Gasteiger partial charge in [-0.2, -0.15) is 0 Å². The number of hydrogen-bond acceptors (Lipinski definition) is 4. The maximum absolute atomic E-state index is 5.40. The summed E-state index contributed by atoms with van der Waals surface area (Å²) in [5.74, 6) is 1.09. The number of nitrogens with zero attached hydrogens (tertiary/aromatic N) is 4. The summed E-state index contributed by atoms with van der Waals surface area (Å²) in [7, 11) is 0. The van der Waals surface area contributed by atoms with E-state index in [1.54, 1.807) is 23.3 Å². The van der Waals surface area contributed by atoms with Gasteiger partial charge in [-0.3, -0.25) is 4.57 Å². The topological polar surface area (TPSA) is 69.6 Å². The average molecular weight is 240 g/mol. The van der Waals surface area contributed by atoms with E-state index in [1.807, 2.05) is 0 Å². The molecule has 0 amide bonds. The minimum Gasteiger partial charge on any atom is -0.382 e. The molecule has 0 saturated heterocycles. The van der Waals surface area contributed by atoms with Crippen LogP contribution < -0.4 is 5.73 Å². The van der Waals surface area contributed by atoms with E-state index in [2.05, 4.69) is 30.9 Å². The molecule has 0 aromatic carbocycles. The van der Waals surface area contributed by atoms with Crippen LogP contribution in [0.15, 0.2) is 29.5 Å². The summed E-state index contributed by atoms with van der Waals surface area (Å²) in [4.78, 5) is 12.0. The van der Waals surface area contributed by atoms with E-state index in [9.17, 15) is 0 Å². The molecule has 13 heavy (non-hydrogen) atoms. The Balaban J connectivity index is 2.41. The highest BCUT2D eigenvalue weighted by Gasteiger charge is 1.99. The number of imidazole rings is 1. The normalized spacial score (nSPS) is 10.2. The maximum Gasteiger partial charge on any atom is 0.156 e. The molecule has 2 heterocycles. The van der Waals surface area contributed by atoms with E-state index >= 15 is 0 Å². The second-order valence-electron chi connectivity index (χ2n) is 2.40. The third kappa shape index (κ3) is 1.67. The van der Waals surface area contributed by atoms with Gasteiger partial charge in [-0.05, 0) is 15.9 Å². The number of rotatable bonds is 1. The summed E-state index contributed by atoms with van der Waals surface area (Å²) in [6.45, 7) is 0. The van der Waals surface area contributed by atoms with Crippen LogP contribution >= 0.6 is 15.9 Å². The zero-order valence-corrected chi connectivity index (χ0v) is 8.14. The van der Waals surface area contributed by atoms with Gasteiger partial charge in [-0.1, -0.05) is 0 Å². The van der Waals surface area contributed by atoms with E-state index in [1.165, 1.54) is 6.20 Å². The van der Waals surface area contributed by atoms with E-state index in [0.29, 0.717) is 11.6 Å². The highest BCUT2D eigenvalue weighted by atomic mass is 79.9. The molecule has 0 saturated carbocycles. The van der Waals surface area contributed by atoms with Crippen molar-refractivity contribution in [2.24, 2.45) is 0 Å². The van der Waals surface area contributed by atoms with Gasteiger partial charge in [-0.15, -0.1) is 0 Å². The lowest BCUT2D eigenvalue weighted by Crippen LogP contribution is -1.97. The second-order valence-corrected chi connectivity index (χ2v) is 3.22. The first-order valence-corrected chi connectivity index (χ1v) is 4.32. The highest BCUT2D eigenvalue weighted by Crippen LogP contribution is 2.09. The van der Waals surface area contributed by atoms with Crippen LogP contribution in [0.4, 0.5) is 5.82 Å². The molecule has 2 rings (SSSR count). The number of hydrogen-bond donors (Lipinski definition) is 1. The van der Waals surface area contributed by atoms with Gasteiger partial charge in [-0.25, -0.2) is 15.0 Å². The fraction of sp³-hybridized carbons (Fsp3) is 0. The average Bonchev–Trinajstić information content (AvgIpc) is 2.53. The van der Waals surface area contributed by atoms with Crippen molar-refractivity contribution in [1.82, 2.24) is 19.5 Å². The van der Waals surface area contributed by atoms with Gasteiger partial charge in [0, 0.05) is 6.20 Å². The molecule has 66 valence electrons. The van der Waals surface area contributed by atoms with Crippen LogP contribution in [0.25, 0.3) is 5.82 Å². The maximum atomic E-state index is 5.40. The monoisotopic (exact) mass is 239 g/mol. The molecule has 6 heteroatoms. The predicted molar refractivity (Wildman–Crippen MR) is 51.3 cm³/mol. The number of halogens is 1. The lowest BCUT2D eigenvalue weighted by atomic mass is 10.6. The van der Waals surface area contributed by atoms with Crippen LogP contribution in [0.3, 0.4) is 0 Å². The van der Waals surface area contributed by atoms with Crippen LogP contribution in [0.1, 0.15) is 0 Å². The summed E-state index contributed by atoms with van der Waals surface area (Å²) >= 11 is 3.24. The Labute approximate surface area is 82.8 Å². The van der Waals surface area contributed by atoms with Crippen molar-refractivity contribution in [2.45, 2.75) is 0 Å². The molecule has 2 aromatic rings. The Kier molecular flexibility index (Phi) is 1.97. The molecule has 0 aliphatic carbocycles. The summed E-state index contributed by atoms with van der Waals surface area (Å²) in [6, 6.07) is 0. The highest BCUT2D eigenvalue weighted by molar-refractivity contribution is 9.10. The van der Waals surface area contributed by atoms with Gasteiger partial charge < -0.3 is 5.73 Å². The van der Waals surface area contributed by atoms with Gasteiger partial charge in [0.15, 0.2) is 5.82 Å². The van der Waals surface area contributed by atoms with Gasteiger partial charge in [0.1, 0.15) is 16.7 Å². The molecule has 0 radical (unpaired) electrons. The molecule has 2 aromatic heterocycles. The SMILES string of the molecule is Nc1cnc(-n2cnc(Br)c2)cn1. The molecular formula is C7H6BrN5. The number of anilines is 1. The van der Waals surface area contributed by atoms with E-state index in [-0.39, 0.29) is 0 Å². The van der Waals surface area contributed by atoms with Crippen molar-refractivity contribution < 1.29 is 0 Å². The van der Waals surface area contributed by atoms with Gasteiger partial charge in [0.2, 0.25) is 0 Å². The standard InChI is InChI=1S/C7H6BrN5/c8-5-3-13(4-12-5)7-2-10-6(9)1-11-7/h1-4H,(H2,9,10). The lowest BCUT2D eigenvalue weighted by molar-refractivity contribution is 0.973. The van der Waals surface area contributed by atoms with Crippen molar-refractivity contribution in [3.8, 4) is 5.82 Å². The van der Waals surface area contributed by atoms with Gasteiger partial charge in [0.05, 0.1) is 12.4 Å². The number of aromatic nitrogens is 4. The molecule has 0 spiro atoms. The van der Waals surface area contributed by atoms with Crippen LogP contribution in [0.5, 0.6) is 0 Å². The van der Waals surface area contributed by atoms with Crippen LogP contribution in [-0.2, 0) is 0 Å². The second kappa shape index (κ2) is 3.14. The number of nitrogens with two attached hydrogens (primary N) is 1. The van der Waals surface area contributed by atoms with Crippen molar-refractivity contribution in [3.63, 3.8) is 0 Å². The van der Waals surface area contributed by atoms with E-state index in [0.717, 1.165) is 4.60 Å². The summed E-state index contributed by atoms with van der Waals surface area (Å²) in [5.41, 5.74) is 5.40. The fourth-order valence-corrected chi connectivity index (χ4v) is 1.20. The van der Waals surface area contributed by atoms with Crippen molar-refractivity contribution in [2.75, 3.05) is 5.73 Å². The molecular weight excluding hydrogens is 234 g/mol. The van der Waals surface area contributed by atoms with Crippen molar-refractivity contribution in [3.05, 3.63) is 29.5 Å². The fourth-order valence-electron chi connectivity index (χ4n) is 0.889. The summed E-state index contributed by atoms with van der Waals surface area (Å²) in [6.07, 6.45) is 6.52. The van der Waals surface area contributed by atoms with E-state index in [4.69, 9.17) is 5.73 Å². The third-order valence-corrected chi connectivity index (χ3v) is 1.88. The first-order valence-electron chi connectivity index (χ1n) is 3.53. The third-order valence-electron chi connectivity index (χ3n) is 1.47. The Bertz CT molecular complexity index is 407. The molecule has 5 nitrogen and oxygen atoms in total. The number of nitrogen functional groups attached to an aromatic ring is 1. The molecule has 0 unspecified atom stereocenters. The Morgan fingerprint density at radius 2 is 2.08 bits per heavy atom. The minimum atomic E-state index is 0.405. The van der Waals surface area contributed by atoms with Crippen LogP contribution in [0.2, 0.25) is 0 Å². The van der Waals surface area contributed by atoms with Crippen molar-refractivity contribution >= 4 is 21.7 Å².